The maximum atomic E-state index is 11.0. The SMILES string of the molecule is CCc1ccccc1Nc1ncc(Br)cc1[N+](=O)[O-]. The number of benzene rings is 1. The van der Waals surface area contributed by atoms with E-state index in [4.69, 9.17) is 0 Å². The molecule has 1 heterocycles. The lowest BCUT2D eigenvalue weighted by molar-refractivity contribution is -0.384. The molecule has 0 saturated heterocycles. The van der Waals surface area contributed by atoms with Gasteiger partial charge in [-0.05, 0) is 34.0 Å². The maximum absolute atomic E-state index is 11.0. The topological polar surface area (TPSA) is 68.1 Å². The third-order valence-electron chi connectivity index (χ3n) is 2.68. The van der Waals surface area contributed by atoms with Crippen LogP contribution in [-0.2, 0) is 6.42 Å². The van der Waals surface area contributed by atoms with Gasteiger partial charge in [0, 0.05) is 22.4 Å². The molecule has 0 spiro atoms. The molecule has 0 amide bonds. The van der Waals surface area contributed by atoms with E-state index in [1.54, 1.807) is 0 Å². The van der Waals surface area contributed by atoms with Crippen LogP contribution >= 0.6 is 15.9 Å². The molecule has 0 aliphatic rings. The van der Waals surface area contributed by atoms with E-state index in [0.717, 1.165) is 17.7 Å². The Kier molecular flexibility index (Phi) is 4.11. The summed E-state index contributed by atoms with van der Waals surface area (Å²) in [6, 6.07) is 9.11. The van der Waals surface area contributed by atoms with E-state index < -0.39 is 4.92 Å². The first-order valence-electron chi connectivity index (χ1n) is 5.76. The molecule has 0 atom stereocenters. The molecule has 0 aliphatic carbocycles. The van der Waals surface area contributed by atoms with Crippen LogP contribution in [0.15, 0.2) is 41.0 Å². The molecule has 5 nitrogen and oxygen atoms in total. The molecule has 0 unspecified atom stereocenters. The molecular weight excluding hydrogens is 310 g/mol. The van der Waals surface area contributed by atoms with Crippen LogP contribution in [0.5, 0.6) is 0 Å². The summed E-state index contributed by atoms with van der Waals surface area (Å²) < 4.78 is 0.577. The van der Waals surface area contributed by atoms with Crippen LogP contribution in [0.3, 0.4) is 0 Å². The van der Waals surface area contributed by atoms with E-state index in [2.05, 4.69) is 26.2 Å². The van der Waals surface area contributed by atoms with Crippen molar-refractivity contribution in [2.75, 3.05) is 5.32 Å². The second kappa shape index (κ2) is 5.79. The summed E-state index contributed by atoms with van der Waals surface area (Å²) in [5, 5.41) is 14.1. The lowest BCUT2D eigenvalue weighted by Gasteiger charge is -2.10. The first-order chi connectivity index (χ1) is 9.11. The zero-order valence-electron chi connectivity index (χ0n) is 10.3. The molecule has 0 aliphatic heterocycles. The maximum Gasteiger partial charge on any atom is 0.312 e. The van der Waals surface area contributed by atoms with Gasteiger partial charge in [0.25, 0.3) is 0 Å². The van der Waals surface area contributed by atoms with Crippen LogP contribution < -0.4 is 5.32 Å². The molecule has 0 radical (unpaired) electrons. The van der Waals surface area contributed by atoms with Gasteiger partial charge in [0.2, 0.25) is 5.82 Å². The fourth-order valence-electron chi connectivity index (χ4n) is 1.74. The number of nitro groups is 1. The van der Waals surface area contributed by atoms with Crippen LogP contribution in [-0.4, -0.2) is 9.91 Å². The van der Waals surface area contributed by atoms with Crippen LogP contribution in [0, 0.1) is 10.1 Å². The number of anilines is 2. The van der Waals surface area contributed by atoms with Crippen molar-refractivity contribution in [3.63, 3.8) is 0 Å². The standard InChI is InChI=1S/C13H12BrN3O2/c1-2-9-5-3-4-6-11(9)16-13-12(17(18)19)7-10(14)8-15-13/h3-8H,2H2,1H3,(H,15,16). The highest BCUT2D eigenvalue weighted by atomic mass is 79.9. The number of nitrogens with one attached hydrogen (secondary N) is 1. The second-order valence-electron chi connectivity index (χ2n) is 3.91. The van der Waals surface area contributed by atoms with Crippen molar-refractivity contribution >= 4 is 33.1 Å². The molecular formula is C13H12BrN3O2. The van der Waals surface area contributed by atoms with Crippen molar-refractivity contribution in [1.82, 2.24) is 4.98 Å². The van der Waals surface area contributed by atoms with Gasteiger partial charge < -0.3 is 5.32 Å². The van der Waals surface area contributed by atoms with Crippen molar-refractivity contribution < 1.29 is 4.92 Å². The van der Waals surface area contributed by atoms with Gasteiger partial charge in [0.1, 0.15) is 0 Å². The minimum atomic E-state index is -0.450. The fourth-order valence-corrected chi connectivity index (χ4v) is 2.06. The van der Waals surface area contributed by atoms with E-state index in [1.807, 2.05) is 31.2 Å². The first-order valence-corrected chi connectivity index (χ1v) is 6.56. The molecule has 19 heavy (non-hydrogen) atoms. The second-order valence-corrected chi connectivity index (χ2v) is 4.83. The molecule has 1 aromatic heterocycles. The van der Waals surface area contributed by atoms with E-state index in [-0.39, 0.29) is 11.5 Å². The number of pyridine rings is 1. The Labute approximate surface area is 119 Å². The van der Waals surface area contributed by atoms with Crippen molar-refractivity contribution in [2.24, 2.45) is 0 Å². The molecule has 98 valence electrons. The predicted octanol–water partition coefficient (Wildman–Crippen LogP) is 4.06. The predicted molar refractivity (Wildman–Crippen MR) is 77.7 cm³/mol. The van der Waals surface area contributed by atoms with E-state index in [0.29, 0.717) is 4.47 Å². The third-order valence-corrected chi connectivity index (χ3v) is 3.12. The average Bonchev–Trinajstić information content (AvgIpc) is 2.41. The molecule has 2 aromatic rings. The smallest absolute Gasteiger partial charge is 0.312 e. The number of para-hydroxylation sites is 1. The lowest BCUT2D eigenvalue weighted by atomic mass is 10.1. The Morgan fingerprint density at radius 1 is 1.42 bits per heavy atom. The van der Waals surface area contributed by atoms with Crippen LogP contribution in [0.25, 0.3) is 0 Å². The molecule has 6 heteroatoms. The van der Waals surface area contributed by atoms with Gasteiger partial charge in [-0.25, -0.2) is 4.98 Å². The molecule has 0 bridgehead atoms. The summed E-state index contributed by atoms with van der Waals surface area (Å²) >= 11 is 3.18. The van der Waals surface area contributed by atoms with Crippen LogP contribution in [0.1, 0.15) is 12.5 Å². The number of aromatic nitrogens is 1. The average molecular weight is 322 g/mol. The summed E-state index contributed by atoms with van der Waals surface area (Å²) in [5.41, 5.74) is 1.87. The van der Waals surface area contributed by atoms with Gasteiger partial charge in [-0.15, -0.1) is 0 Å². The number of hydrogen-bond donors (Lipinski definition) is 1. The highest BCUT2D eigenvalue weighted by molar-refractivity contribution is 9.10. The highest BCUT2D eigenvalue weighted by Crippen LogP contribution is 2.29. The first kappa shape index (κ1) is 13.5. The van der Waals surface area contributed by atoms with Gasteiger partial charge in [0.15, 0.2) is 0 Å². The fraction of sp³-hybridized carbons (Fsp3) is 0.154. The Hall–Kier alpha value is -1.95. The van der Waals surface area contributed by atoms with Crippen LogP contribution in [0.2, 0.25) is 0 Å². The summed E-state index contributed by atoms with van der Waals surface area (Å²) in [5.74, 6) is 0.245. The molecule has 0 fully saturated rings. The van der Waals surface area contributed by atoms with E-state index in [1.165, 1.54) is 12.3 Å². The van der Waals surface area contributed by atoms with Crippen molar-refractivity contribution in [3.8, 4) is 0 Å². The number of nitrogens with zero attached hydrogens (tertiary/aromatic N) is 2. The Morgan fingerprint density at radius 2 is 2.16 bits per heavy atom. The Morgan fingerprint density at radius 3 is 2.84 bits per heavy atom. The van der Waals surface area contributed by atoms with Gasteiger partial charge in [-0.2, -0.15) is 0 Å². The zero-order valence-corrected chi connectivity index (χ0v) is 11.8. The normalized spacial score (nSPS) is 10.2. The lowest BCUT2D eigenvalue weighted by Crippen LogP contribution is -2.01. The summed E-state index contributed by atoms with van der Waals surface area (Å²) in [7, 11) is 0. The Balaban J connectivity index is 2.41. The van der Waals surface area contributed by atoms with Crippen LogP contribution in [0.4, 0.5) is 17.2 Å². The van der Waals surface area contributed by atoms with Gasteiger partial charge in [-0.1, -0.05) is 25.1 Å². The number of aryl methyl sites for hydroxylation is 1. The minimum absolute atomic E-state index is 0.0553. The van der Waals surface area contributed by atoms with Crippen molar-refractivity contribution in [3.05, 3.63) is 56.7 Å². The highest BCUT2D eigenvalue weighted by Gasteiger charge is 2.16. The van der Waals surface area contributed by atoms with Gasteiger partial charge in [0.05, 0.1) is 4.92 Å². The van der Waals surface area contributed by atoms with E-state index in [9.17, 15) is 10.1 Å². The van der Waals surface area contributed by atoms with Crippen molar-refractivity contribution in [2.45, 2.75) is 13.3 Å². The quantitative estimate of drug-likeness (QED) is 0.681. The molecule has 0 saturated carbocycles. The van der Waals surface area contributed by atoms with E-state index >= 15 is 0 Å². The number of halogens is 1. The van der Waals surface area contributed by atoms with Gasteiger partial charge >= 0.3 is 5.69 Å². The summed E-state index contributed by atoms with van der Waals surface area (Å²) in [6.07, 6.45) is 2.37. The summed E-state index contributed by atoms with van der Waals surface area (Å²) in [4.78, 5) is 14.6. The largest absolute Gasteiger partial charge is 0.334 e. The number of rotatable bonds is 4. The Bertz CT molecular complexity index is 617. The molecule has 2 rings (SSSR count). The van der Waals surface area contributed by atoms with Crippen molar-refractivity contribution in [1.29, 1.82) is 0 Å². The molecule has 1 aromatic carbocycles. The monoisotopic (exact) mass is 321 g/mol. The summed E-state index contributed by atoms with van der Waals surface area (Å²) in [6.45, 7) is 2.03. The number of hydrogen-bond acceptors (Lipinski definition) is 4. The molecule has 1 N–H and O–H groups in total. The third kappa shape index (κ3) is 3.08. The zero-order chi connectivity index (χ0) is 13.8. The van der Waals surface area contributed by atoms with Gasteiger partial charge in [-0.3, -0.25) is 10.1 Å². The minimum Gasteiger partial charge on any atom is -0.334 e.